The Hall–Kier alpha value is -1.68. The van der Waals surface area contributed by atoms with Gasteiger partial charge in [0, 0.05) is 19.8 Å². The number of hydrogen-bond acceptors (Lipinski definition) is 4. The molecule has 1 rings (SSSR count). The van der Waals surface area contributed by atoms with E-state index in [0.717, 1.165) is 11.3 Å². The third kappa shape index (κ3) is 4.17. The van der Waals surface area contributed by atoms with Crippen LogP contribution in [-0.4, -0.2) is 31.8 Å². The zero-order chi connectivity index (χ0) is 14.6. The molecular weight excluding hydrogens is 242 g/mol. The number of Topliss-reactive ketones (excluding diaryl/α,β-unsaturated/α-hetero) is 2. The number of benzene rings is 1. The van der Waals surface area contributed by atoms with Crippen LogP contribution in [0.4, 0.5) is 5.69 Å². The van der Waals surface area contributed by atoms with E-state index in [9.17, 15) is 9.59 Å². The van der Waals surface area contributed by atoms with Crippen molar-refractivity contribution in [2.24, 2.45) is 0 Å². The molecule has 1 aromatic carbocycles. The Morgan fingerprint density at radius 3 is 1.89 bits per heavy atom. The van der Waals surface area contributed by atoms with E-state index in [1.807, 2.05) is 50.2 Å². The van der Waals surface area contributed by atoms with Gasteiger partial charge in [-0.1, -0.05) is 12.1 Å². The van der Waals surface area contributed by atoms with Crippen LogP contribution in [0, 0.1) is 0 Å². The van der Waals surface area contributed by atoms with E-state index < -0.39 is 6.10 Å². The zero-order valence-electron chi connectivity index (χ0n) is 12.1. The first-order valence-electron chi connectivity index (χ1n) is 6.26. The van der Waals surface area contributed by atoms with Crippen LogP contribution >= 0.6 is 0 Å². The van der Waals surface area contributed by atoms with Crippen molar-refractivity contribution in [3.63, 3.8) is 0 Å². The van der Waals surface area contributed by atoms with E-state index in [0.29, 0.717) is 0 Å². The quantitative estimate of drug-likeness (QED) is 0.739. The molecule has 0 aliphatic rings. The van der Waals surface area contributed by atoms with Crippen molar-refractivity contribution in [1.29, 1.82) is 0 Å². The molecular formula is C15H21NO3. The maximum Gasteiger partial charge on any atom is 0.174 e. The number of carbonyl (C=O) groups excluding carboxylic acids is 2. The van der Waals surface area contributed by atoms with Crippen molar-refractivity contribution in [2.75, 3.05) is 19.0 Å². The van der Waals surface area contributed by atoms with E-state index in [4.69, 9.17) is 4.74 Å². The summed E-state index contributed by atoms with van der Waals surface area (Å²) in [6.07, 6.45) is -1.27. The minimum absolute atomic E-state index is 0.260. The van der Waals surface area contributed by atoms with E-state index in [-0.39, 0.29) is 17.7 Å². The highest BCUT2D eigenvalue weighted by Crippen LogP contribution is 2.22. The molecule has 0 aromatic heterocycles. The van der Waals surface area contributed by atoms with E-state index >= 15 is 0 Å². The number of nitrogens with zero attached hydrogens (tertiary/aromatic N) is 1. The van der Waals surface area contributed by atoms with E-state index in [1.165, 1.54) is 13.8 Å². The van der Waals surface area contributed by atoms with Gasteiger partial charge in [-0.25, -0.2) is 0 Å². The summed E-state index contributed by atoms with van der Waals surface area (Å²) in [7, 11) is 3.94. The minimum atomic E-state index is -0.969. The van der Waals surface area contributed by atoms with Gasteiger partial charge >= 0.3 is 0 Å². The van der Waals surface area contributed by atoms with Gasteiger partial charge in [0.15, 0.2) is 17.7 Å². The van der Waals surface area contributed by atoms with Crippen molar-refractivity contribution in [1.82, 2.24) is 0 Å². The molecule has 1 atom stereocenters. The van der Waals surface area contributed by atoms with Gasteiger partial charge in [-0.15, -0.1) is 0 Å². The molecule has 19 heavy (non-hydrogen) atoms. The molecule has 0 aliphatic heterocycles. The molecule has 0 N–H and O–H groups in total. The average molecular weight is 263 g/mol. The summed E-state index contributed by atoms with van der Waals surface area (Å²) in [4.78, 5) is 24.7. The Bertz CT molecular complexity index is 437. The fourth-order valence-electron chi connectivity index (χ4n) is 1.80. The van der Waals surface area contributed by atoms with E-state index in [2.05, 4.69) is 0 Å². The second-order valence-electron chi connectivity index (χ2n) is 4.87. The van der Waals surface area contributed by atoms with Gasteiger partial charge in [0.25, 0.3) is 0 Å². The summed E-state index contributed by atoms with van der Waals surface area (Å²) in [5.41, 5.74) is 2.03. The SMILES string of the molecule is CC(=O)C(OC(C)c1ccc(N(C)C)cc1)C(C)=O. The highest BCUT2D eigenvalue weighted by Gasteiger charge is 2.23. The molecule has 1 aromatic rings. The summed E-state index contributed by atoms with van der Waals surface area (Å²) < 4.78 is 5.55. The average Bonchev–Trinajstić information content (AvgIpc) is 2.34. The molecule has 1 unspecified atom stereocenters. The maximum atomic E-state index is 11.3. The second kappa shape index (κ2) is 6.48. The number of ketones is 2. The van der Waals surface area contributed by atoms with Gasteiger partial charge in [0.1, 0.15) is 0 Å². The molecule has 104 valence electrons. The number of ether oxygens (including phenoxy) is 1. The van der Waals surface area contributed by atoms with Crippen LogP contribution in [0.1, 0.15) is 32.4 Å². The van der Waals surface area contributed by atoms with Gasteiger partial charge in [-0.2, -0.15) is 0 Å². The zero-order valence-corrected chi connectivity index (χ0v) is 12.1. The molecule has 0 saturated carbocycles. The number of anilines is 1. The first kappa shape index (κ1) is 15.4. The van der Waals surface area contributed by atoms with Crippen molar-refractivity contribution >= 4 is 17.3 Å². The lowest BCUT2D eigenvalue weighted by Crippen LogP contribution is -2.30. The third-order valence-electron chi connectivity index (χ3n) is 2.96. The molecule has 0 radical (unpaired) electrons. The largest absolute Gasteiger partial charge is 0.378 e. The Morgan fingerprint density at radius 1 is 1.05 bits per heavy atom. The Labute approximate surface area is 114 Å². The molecule has 0 bridgehead atoms. The van der Waals surface area contributed by atoms with E-state index in [1.54, 1.807) is 0 Å². The molecule has 0 heterocycles. The van der Waals surface area contributed by atoms with Gasteiger partial charge < -0.3 is 9.64 Å². The van der Waals surface area contributed by atoms with Crippen LogP contribution in [0.2, 0.25) is 0 Å². The van der Waals surface area contributed by atoms with Crippen molar-refractivity contribution < 1.29 is 14.3 Å². The van der Waals surface area contributed by atoms with Gasteiger partial charge in [-0.3, -0.25) is 9.59 Å². The fraction of sp³-hybridized carbons (Fsp3) is 0.467. The monoisotopic (exact) mass is 263 g/mol. The van der Waals surface area contributed by atoms with Crippen LogP contribution in [0.5, 0.6) is 0 Å². The fourth-order valence-corrected chi connectivity index (χ4v) is 1.80. The lowest BCUT2D eigenvalue weighted by Gasteiger charge is -2.20. The summed E-state index contributed by atoms with van der Waals surface area (Å²) in [5.74, 6) is -0.520. The van der Waals surface area contributed by atoms with Crippen LogP contribution < -0.4 is 4.90 Å². The Balaban J connectivity index is 2.79. The molecule has 0 aliphatic carbocycles. The standard InChI is InChI=1S/C15H21NO3/c1-10(17)15(11(2)18)19-12(3)13-6-8-14(9-7-13)16(4)5/h6-9,12,15H,1-5H3. The number of rotatable bonds is 6. The number of carbonyl (C=O) groups is 2. The van der Waals surface area contributed by atoms with Crippen molar-refractivity contribution in [3.05, 3.63) is 29.8 Å². The van der Waals surface area contributed by atoms with Crippen molar-refractivity contribution in [3.8, 4) is 0 Å². The first-order valence-corrected chi connectivity index (χ1v) is 6.26. The molecule has 4 heteroatoms. The molecule has 0 fully saturated rings. The van der Waals surface area contributed by atoms with Crippen LogP contribution in [-0.2, 0) is 14.3 Å². The topological polar surface area (TPSA) is 46.6 Å². The highest BCUT2D eigenvalue weighted by molar-refractivity contribution is 6.03. The van der Waals surface area contributed by atoms with Crippen LogP contribution in [0.15, 0.2) is 24.3 Å². The summed E-state index contributed by atoms with van der Waals surface area (Å²) in [6, 6.07) is 7.84. The molecule has 4 nitrogen and oxygen atoms in total. The van der Waals surface area contributed by atoms with Crippen LogP contribution in [0.25, 0.3) is 0 Å². The van der Waals surface area contributed by atoms with Crippen LogP contribution in [0.3, 0.4) is 0 Å². The molecule has 0 spiro atoms. The van der Waals surface area contributed by atoms with Gasteiger partial charge in [-0.05, 0) is 38.5 Å². The minimum Gasteiger partial charge on any atom is -0.378 e. The lowest BCUT2D eigenvalue weighted by molar-refractivity contribution is -0.144. The predicted octanol–water partition coefficient (Wildman–Crippen LogP) is 2.38. The number of hydrogen-bond donors (Lipinski definition) is 0. The normalized spacial score (nSPS) is 12.3. The summed E-state index contributed by atoms with van der Waals surface area (Å²) >= 11 is 0. The van der Waals surface area contributed by atoms with Gasteiger partial charge in [0.05, 0.1) is 6.10 Å². The first-order chi connectivity index (χ1) is 8.82. The predicted molar refractivity (Wildman–Crippen MR) is 75.4 cm³/mol. The van der Waals surface area contributed by atoms with Crippen molar-refractivity contribution in [2.45, 2.75) is 33.0 Å². The van der Waals surface area contributed by atoms with Gasteiger partial charge in [0.2, 0.25) is 0 Å². The summed E-state index contributed by atoms with van der Waals surface area (Å²) in [6.45, 7) is 4.57. The second-order valence-corrected chi connectivity index (χ2v) is 4.87. The Morgan fingerprint density at radius 2 is 1.53 bits per heavy atom. The lowest BCUT2D eigenvalue weighted by atomic mass is 10.1. The smallest absolute Gasteiger partial charge is 0.174 e. The molecule has 0 amide bonds. The summed E-state index contributed by atoms with van der Waals surface area (Å²) in [5, 5.41) is 0. The highest BCUT2D eigenvalue weighted by atomic mass is 16.5. The maximum absolute atomic E-state index is 11.3. The Kier molecular flexibility index (Phi) is 5.24. The molecule has 0 saturated heterocycles. The third-order valence-corrected chi connectivity index (χ3v) is 2.96.